The Hall–Kier alpha value is -2.34. The molecule has 1 saturated heterocycles. The van der Waals surface area contributed by atoms with E-state index in [0.717, 1.165) is 42.8 Å². The van der Waals surface area contributed by atoms with Crippen LogP contribution in [0.2, 0.25) is 0 Å². The number of nitrogens with one attached hydrogen (secondary N) is 1. The zero-order valence-corrected chi connectivity index (χ0v) is 17.6. The Morgan fingerprint density at radius 1 is 1.17 bits per heavy atom. The highest BCUT2D eigenvalue weighted by atomic mass is 32.2. The number of aryl methyl sites for hydroxylation is 1. The lowest BCUT2D eigenvalue weighted by Crippen LogP contribution is -2.36. The Labute approximate surface area is 176 Å². The number of aromatic nitrogens is 5. The molecular weight excluding hydrogens is 410 g/mol. The van der Waals surface area contributed by atoms with Gasteiger partial charge in [0, 0.05) is 18.8 Å². The first-order valence-electron chi connectivity index (χ1n) is 9.21. The Morgan fingerprint density at radius 3 is 2.69 bits per heavy atom. The summed E-state index contributed by atoms with van der Waals surface area (Å²) in [6.45, 7) is 5.72. The maximum atomic E-state index is 12.3. The number of nitrogens with zero attached hydrogens (tertiary/aromatic N) is 6. The molecule has 1 N–H and O–H groups in total. The molecule has 0 aliphatic carbocycles. The summed E-state index contributed by atoms with van der Waals surface area (Å²) in [5.41, 5.74) is 0.975. The van der Waals surface area contributed by atoms with E-state index in [1.807, 2.05) is 41.8 Å². The molecule has 0 spiro atoms. The van der Waals surface area contributed by atoms with Crippen LogP contribution in [0.15, 0.2) is 35.5 Å². The van der Waals surface area contributed by atoms with Crippen LogP contribution in [0, 0.1) is 6.92 Å². The number of anilines is 1. The molecule has 0 saturated carbocycles. The van der Waals surface area contributed by atoms with Crippen LogP contribution >= 0.6 is 23.1 Å². The third-order valence-electron chi connectivity index (χ3n) is 4.29. The molecule has 1 amide bonds. The molecule has 11 heteroatoms. The number of rotatable bonds is 7. The van der Waals surface area contributed by atoms with Crippen LogP contribution in [-0.4, -0.2) is 67.8 Å². The zero-order valence-electron chi connectivity index (χ0n) is 15.9. The Balaban J connectivity index is 1.49. The molecule has 1 fully saturated rings. The molecule has 0 radical (unpaired) electrons. The molecular formula is C18H21N7O2S2. The number of amides is 1. The fraction of sp³-hybridized carbons (Fsp3) is 0.389. The highest BCUT2D eigenvalue weighted by molar-refractivity contribution is 7.99. The molecule has 1 aromatic carbocycles. The molecule has 9 nitrogen and oxygen atoms in total. The van der Waals surface area contributed by atoms with E-state index < -0.39 is 0 Å². The normalized spacial score (nSPS) is 14.8. The van der Waals surface area contributed by atoms with E-state index in [-0.39, 0.29) is 11.7 Å². The fourth-order valence-electron chi connectivity index (χ4n) is 2.92. The van der Waals surface area contributed by atoms with Gasteiger partial charge in [-0.25, -0.2) is 0 Å². The number of thioether (sulfide) groups is 1. The highest BCUT2D eigenvalue weighted by Crippen LogP contribution is 2.23. The number of carbonyl (C=O) groups excluding carboxylic acids is 1. The van der Waals surface area contributed by atoms with Crippen LogP contribution in [0.25, 0.3) is 5.69 Å². The van der Waals surface area contributed by atoms with Crippen molar-refractivity contribution in [1.82, 2.24) is 29.9 Å². The van der Waals surface area contributed by atoms with Gasteiger partial charge >= 0.3 is 0 Å². The third kappa shape index (κ3) is 5.18. The van der Waals surface area contributed by atoms with E-state index in [9.17, 15) is 4.79 Å². The van der Waals surface area contributed by atoms with Gasteiger partial charge in [0.1, 0.15) is 5.01 Å². The molecule has 1 aliphatic heterocycles. The van der Waals surface area contributed by atoms with E-state index in [1.165, 1.54) is 23.1 Å². The van der Waals surface area contributed by atoms with Gasteiger partial charge in [-0.1, -0.05) is 41.3 Å². The van der Waals surface area contributed by atoms with Gasteiger partial charge in [0.25, 0.3) is 0 Å². The minimum absolute atomic E-state index is 0.150. The smallest absolute Gasteiger partial charge is 0.236 e. The third-order valence-corrected chi connectivity index (χ3v) is 5.97. The van der Waals surface area contributed by atoms with Crippen LogP contribution in [0.1, 0.15) is 10.8 Å². The summed E-state index contributed by atoms with van der Waals surface area (Å²) < 4.78 is 7.45. The van der Waals surface area contributed by atoms with E-state index in [4.69, 9.17) is 4.74 Å². The van der Waals surface area contributed by atoms with Crippen molar-refractivity contribution in [3.63, 3.8) is 0 Å². The Kier molecular flexibility index (Phi) is 6.49. The fourth-order valence-corrected chi connectivity index (χ4v) is 4.30. The van der Waals surface area contributed by atoms with Gasteiger partial charge in [-0.3, -0.25) is 19.6 Å². The molecule has 0 atom stereocenters. The van der Waals surface area contributed by atoms with Crippen molar-refractivity contribution >= 4 is 34.1 Å². The lowest BCUT2D eigenvalue weighted by molar-refractivity contribution is -0.113. The topological polar surface area (TPSA) is 98.1 Å². The summed E-state index contributed by atoms with van der Waals surface area (Å²) in [6, 6.07) is 9.96. The monoisotopic (exact) mass is 431 g/mol. The number of carbonyl (C=O) groups is 1. The molecule has 0 unspecified atom stereocenters. The average Bonchev–Trinajstić information content (AvgIpc) is 3.33. The molecule has 3 aromatic rings. The zero-order chi connectivity index (χ0) is 20.1. The molecule has 0 bridgehead atoms. The molecule has 3 heterocycles. The first-order chi connectivity index (χ1) is 14.2. The van der Waals surface area contributed by atoms with Crippen molar-refractivity contribution in [1.29, 1.82) is 0 Å². The minimum Gasteiger partial charge on any atom is -0.379 e. The second-order valence-corrected chi connectivity index (χ2v) is 8.55. The summed E-state index contributed by atoms with van der Waals surface area (Å²) in [7, 11) is 0. The van der Waals surface area contributed by atoms with Gasteiger partial charge in [0.15, 0.2) is 11.0 Å². The van der Waals surface area contributed by atoms with E-state index in [2.05, 4.69) is 30.6 Å². The van der Waals surface area contributed by atoms with Crippen molar-refractivity contribution in [3.05, 3.63) is 41.2 Å². The van der Waals surface area contributed by atoms with Gasteiger partial charge in [-0.2, -0.15) is 0 Å². The second kappa shape index (κ2) is 9.44. The first kappa shape index (κ1) is 20.0. The largest absolute Gasteiger partial charge is 0.379 e. The molecule has 4 rings (SSSR count). The lowest BCUT2D eigenvalue weighted by atomic mass is 10.3. The van der Waals surface area contributed by atoms with Crippen LogP contribution in [0.5, 0.6) is 0 Å². The van der Waals surface area contributed by atoms with Crippen molar-refractivity contribution in [2.45, 2.75) is 18.6 Å². The summed E-state index contributed by atoms with van der Waals surface area (Å²) in [6.07, 6.45) is 0. The maximum absolute atomic E-state index is 12.3. The first-order valence-corrected chi connectivity index (χ1v) is 11.0. The van der Waals surface area contributed by atoms with Gasteiger partial charge in [-0.15, -0.1) is 20.4 Å². The molecule has 1 aliphatic rings. The predicted octanol–water partition coefficient (Wildman–Crippen LogP) is 1.99. The van der Waals surface area contributed by atoms with Crippen LogP contribution in [0.3, 0.4) is 0 Å². The number of ether oxygens (including phenoxy) is 1. The van der Waals surface area contributed by atoms with Gasteiger partial charge < -0.3 is 4.74 Å². The second-order valence-electron chi connectivity index (χ2n) is 6.42. The molecule has 152 valence electrons. The summed E-state index contributed by atoms with van der Waals surface area (Å²) in [4.78, 5) is 14.6. The van der Waals surface area contributed by atoms with Crippen LogP contribution in [-0.2, 0) is 16.1 Å². The summed E-state index contributed by atoms with van der Waals surface area (Å²) >= 11 is 2.70. The summed E-state index contributed by atoms with van der Waals surface area (Å²) in [5.74, 6) is 0.908. The Morgan fingerprint density at radius 2 is 1.97 bits per heavy atom. The van der Waals surface area contributed by atoms with Crippen molar-refractivity contribution in [3.8, 4) is 5.69 Å². The maximum Gasteiger partial charge on any atom is 0.236 e. The molecule has 2 aromatic heterocycles. The number of hydrogen-bond donors (Lipinski definition) is 1. The standard InChI is InChI=1S/C18H21N7O2S2/c1-13-20-22-17(29-13)19-16(26)12-28-18-23-21-15(11-24-7-9-27-10-8-24)25(18)14-5-3-2-4-6-14/h2-6H,7-12H2,1H3,(H,19,22,26). The number of hydrogen-bond acceptors (Lipinski definition) is 9. The number of benzene rings is 1. The van der Waals surface area contributed by atoms with E-state index in [0.29, 0.717) is 16.8 Å². The SMILES string of the molecule is Cc1nnc(NC(=O)CSc2nnc(CN3CCOCC3)n2-c2ccccc2)s1. The van der Waals surface area contributed by atoms with Crippen molar-refractivity contribution in [2.75, 3.05) is 37.4 Å². The highest BCUT2D eigenvalue weighted by Gasteiger charge is 2.19. The lowest BCUT2D eigenvalue weighted by Gasteiger charge is -2.26. The summed E-state index contributed by atoms with van der Waals surface area (Å²) in [5, 5.41) is 21.4. The average molecular weight is 432 g/mol. The van der Waals surface area contributed by atoms with Gasteiger partial charge in [0.05, 0.1) is 25.5 Å². The van der Waals surface area contributed by atoms with Crippen molar-refractivity contribution < 1.29 is 9.53 Å². The van der Waals surface area contributed by atoms with E-state index >= 15 is 0 Å². The minimum atomic E-state index is -0.150. The Bertz CT molecular complexity index is 954. The predicted molar refractivity (Wildman–Crippen MR) is 111 cm³/mol. The van der Waals surface area contributed by atoms with Crippen molar-refractivity contribution in [2.24, 2.45) is 0 Å². The van der Waals surface area contributed by atoms with Crippen LogP contribution < -0.4 is 5.32 Å². The number of morpholine rings is 1. The van der Waals surface area contributed by atoms with E-state index in [1.54, 1.807) is 0 Å². The number of para-hydroxylation sites is 1. The van der Waals surface area contributed by atoms with Gasteiger partial charge in [0.2, 0.25) is 11.0 Å². The van der Waals surface area contributed by atoms with Gasteiger partial charge in [-0.05, 0) is 19.1 Å². The molecule has 29 heavy (non-hydrogen) atoms. The van der Waals surface area contributed by atoms with Crippen LogP contribution in [0.4, 0.5) is 5.13 Å². The quantitative estimate of drug-likeness (QED) is 0.567.